The van der Waals surface area contributed by atoms with E-state index in [1.165, 1.54) is 12.8 Å². The van der Waals surface area contributed by atoms with Gasteiger partial charge in [-0.2, -0.15) is 0 Å². The van der Waals surface area contributed by atoms with Crippen LogP contribution in [0.25, 0.3) is 11.4 Å². The Morgan fingerprint density at radius 3 is 3.00 bits per heavy atom. The van der Waals surface area contributed by atoms with Gasteiger partial charge < -0.3 is 9.67 Å². The van der Waals surface area contributed by atoms with E-state index in [4.69, 9.17) is 0 Å². The second-order valence-corrected chi connectivity index (χ2v) is 6.88. The van der Waals surface area contributed by atoms with Crippen LogP contribution >= 0.6 is 0 Å². The lowest BCUT2D eigenvalue weighted by Gasteiger charge is -2.49. The molecular weight excluding hydrogens is 288 g/mol. The fraction of sp³-hybridized carbons (Fsp3) is 0.556. The minimum absolute atomic E-state index is 0.286. The molecule has 4 heterocycles. The van der Waals surface area contributed by atoms with Crippen LogP contribution in [0.3, 0.4) is 0 Å². The Balaban J connectivity index is 1.61. The van der Waals surface area contributed by atoms with Gasteiger partial charge in [-0.15, -0.1) is 0 Å². The van der Waals surface area contributed by atoms with E-state index in [-0.39, 0.29) is 6.04 Å². The van der Waals surface area contributed by atoms with Crippen molar-refractivity contribution in [2.75, 3.05) is 13.1 Å². The van der Waals surface area contributed by atoms with Crippen LogP contribution in [0.1, 0.15) is 32.1 Å². The average Bonchev–Trinajstić information content (AvgIpc) is 3.04. The molecular formula is C18H24N4O. The molecule has 2 aliphatic heterocycles. The minimum atomic E-state index is -0.656. The molecule has 0 unspecified atom stereocenters. The van der Waals surface area contributed by atoms with Crippen molar-refractivity contribution in [3.05, 3.63) is 36.9 Å². The summed E-state index contributed by atoms with van der Waals surface area (Å²) in [6.45, 7) is 2.87. The first-order valence-electron chi connectivity index (χ1n) is 8.64. The van der Waals surface area contributed by atoms with E-state index in [1.54, 1.807) is 6.20 Å². The molecule has 2 aliphatic rings. The zero-order chi connectivity index (χ0) is 15.7. The number of aliphatic hydroxyl groups is 1. The van der Waals surface area contributed by atoms with E-state index in [0.717, 1.165) is 43.7 Å². The number of hydrogen-bond acceptors (Lipinski definition) is 4. The van der Waals surface area contributed by atoms with Crippen molar-refractivity contribution in [2.24, 2.45) is 0 Å². The van der Waals surface area contributed by atoms with Crippen LogP contribution in [0.5, 0.6) is 0 Å². The predicted octanol–water partition coefficient (Wildman–Crippen LogP) is 2.32. The molecule has 0 bridgehead atoms. The first-order chi connectivity index (χ1) is 11.3. The van der Waals surface area contributed by atoms with Gasteiger partial charge in [-0.3, -0.25) is 9.88 Å². The summed E-state index contributed by atoms with van der Waals surface area (Å²) in [5.41, 5.74) is 0.341. The van der Waals surface area contributed by atoms with E-state index < -0.39 is 5.60 Å². The zero-order valence-corrected chi connectivity index (χ0v) is 13.4. The van der Waals surface area contributed by atoms with Gasteiger partial charge in [0.15, 0.2) is 0 Å². The summed E-state index contributed by atoms with van der Waals surface area (Å²) in [5.74, 6) is 0.888. The molecule has 0 spiro atoms. The minimum Gasteiger partial charge on any atom is -0.386 e. The van der Waals surface area contributed by atoms with E-state index in [1.807, 2.05) is 30.7 Å². The SMILES string of the molecule is O[C@@]1(Cn2ccnc2-c2cccnc2)CCCN2CCCC[C@@H]21. The summed E-state index contributed by atoms with van der Waals surface area (Å²) in [4.78, 5) is 11.2. The largest absolute Gasteiger partial charge is 0.386 e. The Bertz CT molecular complexity index is 654. The van der Waals surface area contributed by atoms with Gasteiger partial charge in [-0.05, 0) is 50.9 Å². The maximum absolute atomic E-state index is 11.4. The lowest BCUT2D eigenvalue weighted by Crippen LogP contribution is -2.60. The molecule has 2 fully saturated rings. The highest BCUT2D eigenvalue weighted by Crippen LogP contribution is 2.36. The molecule has 4 rings (SSSR count). The third-order valence-corrected chi connectivity index (χ3v) is 5.37. The monoisotopic (exact) mass is 312 g/mol. The number of rotatable bonds is 3. The van der Waals surface area contributed by atoms with Crippen molar-refractivity contribution in [3.8, 4) is 11.4 Å². The molecule has 0 saturated carbocycles. The summed E-state index contributed by atoms with van der Waals surface area (Å²) in [6.07, 6.45) is 12.9. The number of imidazole rings is 1. The topological polar surface area (TPSA) is 54.2 Å². The van der Waals surface area contributed by atoms with Crippen LogP contribution in [-0.2, 0) is 6.54 Å². The van der Waals surface area contributed by atoms with Crippen molar-refractivity contribution >= 4 is 0 Å². The fourth-order valence-electron chi connectivity index (χ4n) is 4.29. The molecule has 2 aromatic heterocycles. The summed E-state index contributed by atoms with van der Waals surface area (Å²) >= 11 is 0. The lowest BCUT2D eigenvalue weighted by molar-refractivity contribution is -0.103. The maximum Gasteiger partial charge on any atom is 0.141 e. The van der Waals surface area contributed by atoms with Gasteiger partial charge in [0.25, 0.3) is 0 Å². The van der Waals surface area contributed by atoms with E-state index in [2.05, 4.69) is 19.4 Å². The molecule has 2 atom stereocenters. The predicted molar refractivity (Wildman–Crippen MR) is 88.9 cm³/mol. The van der Waals surface area contributed by atoms with E-state index in [9.17, 15) is 5.11 Å². The highest BCUT2D eigenvalue weighted by Gasteiger charge is 2.44. The first-order valence-corrected chi connectivity index (χ1v) is 8.64. The summed E-state index contributed by atoms with van der Waals surface area (Å²) in [6, 6.07) is 4.23. The third kappa shape index (κ3) is 2.79. The number of nitrogens with zero attached hydrogens (tertiary/aromatic N) is 4. The molecule has 5 heteroatoms. The fourth-order valence-corrected chi connectivity index (χ4v) is 4.29. The number of pyridine rings is 1. The molecule has 23 heavy (non-hydrogen) atoms. The standard InChI is InChI=1S/C18H24N4O/c23-18(7-4-11-21-10-2-1-6-16(18)21)14-22-12-9-20-17(22)15-5-3-8-19-13-15/h3,5,8-9,12-13,16,23H,1-2,4,6-7,10-11,14H2/t16-,18-/m1/s1. The van der Waals surface area contributed by atoms with Crippen molar-refractivity contribution in [1.82, 2.24) is 19.4 Å². The molecule has 0 amide bonds. The lowest BCUT2D eigenvalue weighted by atomic mass is 9.79. The van der Waals surface area contributed by atoms with E-state index >= 15 is 0 Å². The van der Waals surface area contributed by atoms with Crippen LogP contribution in [0.4, 0.5) is 0 Å². The summed E-state index contributed by atoms with van der Waals surface area (Å²) in [7, 11) is 0. The van der Waals surface area contributed by atoms with Gasteiger partial charge in [0.05, 0.1) is 12.1 Å². The highest BCUT2D eigenvalue weighted by molar-refractivity contribution is 5.53. The molecule has 0 aliphatic carbocycles. The molecule has 0 aromatic carbocycles. The van der Waals surface area contributed by atoms with Gasteiger partial charge in [0.2, 0.25) is 0 Å². The van der Waals surface area contributed by atoms with Crippen molar-refractivity contribution in [2.45, 2.75) is 50.3 Å². The molecule has 0 radical (unpaired) electrons. The van der Waals surface area contributed by atoms with Crippen LogP contribution in [-0.4, -0.2) is 49.3 Å². The van der Waals surface area contributed by atoms with Gasteiger partial charge in [-0.25, -0.2) is 4.98 Å². The third-order valence-electron chi connectivity index (χ3n) is 5.37. The van der Waals surface area contributed by atoms with E-state index in [0.29, 0.717) is 6.54 Å². The highest BCUT2D eigenvalue weighted by atomic mass is 16.3. The Morgan fingerprint density at radius 2 is 2.13 bits per heavy atom. The van der Waals surface area contributed by atoms with Crippen LogP contribution in [0, 0.1) is 0 Å². The Labute approximate surface area is 137 Å². The first kappa shape index (κ1) is 14.8. The number of piperidine rings is 2. The van der Waals surface area contributed by atoms with Crippen molar-refractivity contribution in [1.29, 1.82) is 0 Å². The Kier molecular flexibility index (Phi) is 3.91. The van der Waals surface area contributed by atoms with Gasteiger partial charge >= 0.3 is 0 Å². The molecule has 122 valence electrons. The normalized spacial score (nSPS) is 28.5. The average molecular weight is 312 g/mol. The Morgan fingerprint density at radius 1 is 1.22 bits per heavy atom. The maximum atomic E-state index is 11.4. The second kappa shape index (κ2) is 6.06. The zero-order valence-electron chi connectivity index (χ0n) is 13.4. The quantitative estimate of drug-likeness (QED) is 0.945. The number of fused-ring (bicyclic) bond motifs is 1. The summed E-state index contributed by atoms with van der Waals surface area (Å²) in [5, 5.41) is 11.4. The van der Waals surface area contributed by atoms with Gasteiger partial charge in [0, 0.05) is 36.4 Å². The van der Waals surface area contributed by atoms with Crippen LogP contribution in [0.2, 0.25) is 0 Å². The van der Waals surface area contributed by atoms with Crippen LogP contribution < -0.4 is 0 Å². The van der Waals surface area contributed by atoms with Crippen LogP contribution in [0.15, 0.2) is 36.9 Å². The summed E-state index contributed by atoms with van der Waals surface area (Å²) < 4.78 is 2.09. The molecule has 5 nitrogen and oxygen atoms in total. The van der Waals surface area contributed by atoms with Gasteiger partial charge in [0.1, 0.15) is 5.82 Å². The molecule has 2 aromatic rings. The van der Waals surface area contributed by atoms with Crippen molar-refractivity contribution in [3.63, 3.8) is 0 Å². The molecule has 1 N–H and O–H groups in total. The molecule has 2 saturated heterocycles. The number of aromatic nitrogens is 3. The van der Waals surface area contributed by atoms with Crippen molar-refractivity contribution < 1.29 is 5.11 Å². The second-order valence-electron chi connectivity index (χ2n) is 6.88. The smallest absolute Gasteiger partial charge is 0.141 e. The number of hydrogen-bond donors (Lipinski definition) is 1. The van der Waals surface area contributed by atoms with Gasteiger partial charge in [-0.1, -0.05) is 6.42 Å². The Hall–Kier alpha value is -1.72.